The monoisotopic (exact) mass is 426 g/mol. The van der Waals surface area contributed by atoms with Gasteiger partial charge in [0.2, 0.25) is 10.0 Å². The van der Waals surface area contributed by atoms with Gasteiger partial charge in [0.1, 0.15) is 11.6 Å². The molecular formula is C17H16F2N4O3S2. The molecule has 7 nitrogen and oxygen atoms in total. The average Bonchev–Trinajstić information content (AvgIpc) is 2.97. The van der Waals surface area contributed by atoms with Crippen molar-refractivity contribution in [2.45, 2.75) is 11.4 Å². The number of hydrogen-bond acceptors (Lipinski definition) is 5. The summed E-state index contributed by atoms with van der Waals surface area (Å²) in [7, 11) is -3.71. The fourth-order valence-corrected chi connectivity index (χ4v) is 5.64. The Labute approximate surface area is 163 Å². The minimum Gasteiger partial charge on any atom is -0.249 e. The van der Waals surface area contributed by atoms with E-state index in [9.17, 15) is 22.0 Å². The number of thioether (sulfide) groups is 1. The van der Waals surface area contributed by atoms with Crippen LogP contribution in [0.4, 0.5) is 8.78 Å². The highest BCUT2D eigenvalue weighted by molar-refractivity contribution is 7.99. The van der Waals surface area contributed by atoms with Crippen LogP contribution in [0.5, 0.6) is 0 Å². The molecule has 1 aromatic carbocycles. The highest BCUT2D eigenvalue weighted by Crippen LogP contribution is 2.20. The van der Waals surface area contributed by atoms with Crippen LogP contribution in [0, 0.1) is 11.6 Å². The second-order valence-corrected chi connectivity index (χ2v) is 9.49. The van der Waals surface area contributed by atoms with Crippen LogP contribution in [0.15, 0.2) is 46.2 Å². The quantitative estimate of drug-likeness (QED) is 0.633. The van der Waals surface area contributed by atoms with E-state index >= 15 is 0 Å². The van der Waals surface area contributed by atoms with Crippen molar-refractivity contribution in [1.82, 2.24) is 18.5 Å². The first-order valence-corrected chi connectivity index (χ1v) is 11.1. The molecule has 0 amide bonds. The molecule has 0 spiro atoms. The predicted octanol–water partition coefficient (Wildman–Crippen LogP) is 1.56. The number of sulfonamides is 1. The fraction of sp³-hybridized carbons (Fsp3) is 0.294. The van der Waals surface area contributed by atoms with Gasteiger partial charge in [-0.25, -0.2) is 31.1 Å². The van der Waals surface area contributed by atoms with E-state index in [4.69, 9.17) is 0 Å². The van der Waals surface area contributed by atoms with Crippen LogP contribution < -0.4 is 5.69 Å². The largest absolute Gasteiger partial charge is 0.350 e. The van der Waals surface area contributed by atoms with Gasteiger partial charge in [-0.05, 0) is 29.8 Å². The minimum absolute atomic E-state index is 0.00495. The zero-order valence-electron chi connectivity index (χ0n) is 14.6. The van der Waals surface area contributed by atoms with Crippen LogP contribution in [-0.4, -0.2) is 51.5 Å². The van der Waals surface area contributed by atoms with Gasteiger partial charge < -0.3 is 0 Å². The van der Waals surface area contributed by atoms with E-state index in [0.717, 1.165) is 38.8 Å². The number of benzene rings is 1. The Kier molecular flexibility index (Phi) is 4.98. The van der Waals surface area contributed by atoms with Gasteiger partial charge in [-0.15, -0.1) is 5.10 Å². The third kappa shape index (κ3) is 3.56. The minimum atomic E-state index is -3.71. The first kappa shape index (κ1) is 19.1. The molecule has 148 valence electrons. The topological polar surface area (TPSA) is 76.7 Å². The van der Waals surface area contributed by atoms with E-state index in [-0.39, 0.29) is 22.7 Å². The van der Waals surface area contributed by atoms with Crippen molar-refractivity contribution < 1.29 is 17.2 Å². The smallest absolute Gasteiger partial charge is 0.249 e. The van der Waals surface area contributed by atoms with Crippen LogP contribution >= 0.6 is 11.8 Å². The van der Waals surface area contributed by atoms with E-state index in [1.165, 1.54) is 22.6 Å². The molecular weight excluding hydrogens is 410 g/mol. The SMILES string of the molecule is O=c1n(Cc2cc(F)cc(F)c2)nc2ccc(S(=O)(=O)N3CCSCC3)cn12. The van der Waals surface area contributed by atoms with Crippen molar-refractivity contribution in [3.8, 4) is 0 Å². The highest BCUT2D eigenvalue weighted by Gasteiger charge is 2.27. The standard InChI is InChI=1S/C17H16F2N4O3S2/c18-13-7-12(8-14(19)9-13)10-23-17(24)22-11-15(1-2-16(22)20-23)28(25,26)21-3-5-27-6-4-21/h1-2,7-9,11H,3-6,10H2. The maximum atomic E-state index is 13.4. The molecule has 11 heteroatoms. The Hall–Kier alpha value is -2.24. The Morgan fingerprint density at radius 2 is 1.75 bits per heavy atom. The number of fused-ring (bicyclic) bond motifs is 1. The molecule has 1 fully saturated rings. The molecule has 4 rings (SSSR count). The van der Waals surface area contributed by atoms with Crippen LogP contribution in [-0.2, 0) is 16.6 Å². The van der Waals surface area contributed by atoms with Gasteiger partial charge in [-0.1, -0.05) is 0 Å². The maximum Gasteiger partial charge on any atom is 0.350 e. The molecule has 0 unspecified atom stereocenters. The number of hydrogen-bond donors (Lipinski definition) is 0. The predicted molar refractivity (Wildman–Crippen MR) is 101 cm³/mol. The van der Waals surface area contributed by atoms with Gasteiger partial charge in [0, 0.05) is 36.9 Å². The summed E-state index contributed by atoms with van der Waals surface area (Å²) in [4.78, 5) is 12.6. The zero-order valence-corrected chi connectivity index (χ0v) is 16.2. The van der Waals surface area contributed by atoms with Crippen molar-refractivity contribution in [3.05, 3.63) is 64.2 Å². The van der Waals surface area contributed by atoms with E-state index in [0.29, 0.717) is 13.1 Å². The molecule has 3 aromatic rings. The summed E-state index contributed by atoms with van der Waals surface area (Å²) in [6.07, 6.45) is 1.24. The normalized spacial score (nSPS) is 15.9. The molecule has 0 radical (unpaired) electrons. The van der Waals surface area contributed by atoms with E-state index < -0.39 is 27.3 Å². The summed E-state index contributed by atoms with van der Waals surface area (Å²) >= 11 is 1.69. The van der Waals surface area contributed by atoms with Gasteiger partial charge in [-0.3, -0.25) is 0 Å². The first-order chi connectivity index (χ1) is 13.3. The third-order valence-electron chi connectivity index (χ3n) is 4.41. The molecule has 0 bridgehead atoms. The Balaban J connectivity index is 1.71. The molecule has 0 N–H and O–H groups in total. The molecule has 1 saturated heterocycles. The lowest BCUT2D eigenvalue weighted by Crippen LogP contribution is -2.38. The van der Waals surface area contributed by atoms with Crippen LogP contribution in [0.2, 0.25) is 0 Å². The summed E-state index contributed by atoms with van der Waals surface area (Å²) in [6.45, 7) is 0.704. The number of nitrogens with zero attached hydrogens (tertiary/aromatic N) is 4. The zero-order chi connectivity index (χ0) is 19.9. The number of pyridine rings is 1. The van der Waals surface area contributed by atoms with Gasteiger partial charge in [-0.2, -0.15) is 16.1 Å². The molecule has 1 aliphatic heterocycles. The Morgan fingerprint density at radius 3 is 2.43 bits per heavy atom. The van der Waals surface area contributed by atoms with Crippen molar-refractivity contribution in [3.63, 3.8) is 0 Å². The van der Waals surface area contributed by atoms with Crippen molar-refractivity contribution in [2.75, 3.05) is 24.6 Å². The summed E-state index contributed by atoms with van der Waals surface area (Å²) in [5.41, 5.74) is -0.109. The molecule has 2 aromatic heterocycles. The van der Waals surface area contributed by atoms with E-state index in [1.807, 2.05) is 0 Å². The van der Waals surface area contributed by atoms with Crippen molar-refractivity contribution in [1.29, 1.82) is 0 Å². The lowest BCUT2D eigenvalue weighted by molar-refractivity contribution is 0.443. The fourth-order valence-electron chi connectivity index (χ4n) is 3.07. The molecule has 3 heterocycles. The van der Waals surface area contributed by atoms with Crippen LogP contribution in [0.25, 0.3) is 5.65 Å². The Bertz CT molecular complexity index is 1180. The summed E-state index contributed by atoms with van der Waals surface area (Å²) in [6, 6.07) is 5.82. The third-order valence-corrected chi connectivity index (χ3v) is 7.24. The Morgan fingerprint density at radius 1 is 1.07 bits per heavy atom. The van der Waals surface area contributed by atoms with Crippen molar-refractivity contribution in [2.24, 2.45) is 0 Å². The molecule has 28 heavy (non-hydrogen) atoms. The highest BCUT2D eigenvalue weighted by atomic mass is 32.2. The number of aromatic nitrogens is 3. The summed E-state index contributed by atoms with van der Waals surface area (Å²) in [5.74, 6) is -0.0487. The molecule has 0 saturated carbocycles. The molecule has 0 aliphatic carbocycles. The second kappa shape index (κ2) is 7.30. The number of rotatable bonds is 4. The van der Waals surface area contributed by atoms with Gasteiger partial charge >= 0.3 is 5.69 Å². The van der Waals surface area contributed by atoms with E-state index in [1.54, 1.807) is 11.8 Å². The summed E-state index contributed by atoms with van der Waals surface area (Å²) in [5, 5.41) is 4.11. The second-order valence-electron chi connectivity index (χ2n) is 6.33. The van der Waals surface area contributed by atoms with Crippen LogP contribution in [0.3, 0.4) is 0 Å². The van der Waals surface area contributed by atoms with Crippen molar-refractivity contribution >= 4 is 27.4 Å². The molecule has 1 aliphatic rings. The lowest BCUT2D eigenvalue weighted by Gasteiger charge is -2.25. The van der Waals surface area contributed by atoms with Crippen LogP contribution in [0.1, 0.15) is 5.56 Å². The summed E-state index contributed by atoms with van der Waals surface area (Å²) < 4.78 is 55.9. The lowest BCUT2D eigenvalue weighted by atomic mass is 10.2. The first-order valence-electron chi connectivity index (χ1n) is 8.47. The molecule has 0 atom stereocenters. The van der Waals surface area contributed by atoms with Gasteiger partial charge in [0.25, 0.3) is 0 Å². The number of halogens is 2. The van der Waals surface area contributed by atoms with Gasteiger partial charge in [0.05, 0.1) is 11.4 Å². The van der Waals surface area contributed by atoms with Gasteiger partial charge in [0.15, 0.2) is 5.65 Å². The average molecular weight is 426 g/mol. The van der Waals surface area contributed by atoms with E-state index in [2.05, 4.69) is 5.10 Å². The maximum absolute atomic E-state index is 13.4.